The Balaban J connectivity index is 2.07. The predicted molar refractivity (Wildman–Crippen MR) is 80.3 cm³/mol. The fourth-order valence-corrected chi connectivity index (χ4v) is 1.89. The summed E-state index contributed by atoms with van der Waals surface area (Å²) in [5, 5.41) is 3.10. The van der Waals surface area contributed by atoms with E-state index in [4.69, 9.17) is 11.6 Å². The summed E-state index contributed by atoms with van der Waals surface area (Å²) in [5.41, 5.74) is 1.85. The zero-order chi connectivity index (χ0) is 14.5. The van der Waals surface area contributed by atoms with Crippen LogP contribution in [0.4, 0.5) is 10.1 Å². The first-order valence-electron chi connectivity index (χ1n) is 6.05. The van der Waals surface area contributed by atoms with Crippen LogP contribution in [0.1, 0.15) is 11.1 Å². The molecule has 2 aromatic carbocycles. The SMILES string of the molecule is Cc1ccc(F)c(NC(=O)/C=C/c2cccc(Cl)c2)c1. The predicted octanol–water partition coefficient (Wildman–Crippen LogP) is 4.44. The van der Waals surface area contributed by atoms with E-state index in [1.165, 1.54) is 12.1 Å². The van der Waals surface area contributed by atoms with E-state index in [9.17, 15) is 9.18 Å². The Labute approximate surface area is 121 Å². The highest BCUT2D eigenvalue weighted by molar-refractivity contribution is 6.30. The number of anilines is 1. The maximum atomic E-state index is 13.5. The van der Waals surface area contributed by atoms with E-state index in [1.54, 1.807) is 36.4 Å². The van der Waals surface area contributed by atoms with Gasteiger partial charge in [0.25, 0.3) is 0 Å². The second-order valence-electron chi connectivity index (χ2n) is 4.36. The fourth-order valence-electron chi connectivity index (χ4n) is 1.69. The first kappa shape index (κ1) is 14.3. The van der Waals surface area contributed by atoms with E-state index in [2.05, 4.69) is 5.32 Å². The monoisotopic (exact) mass is 289 g/mol. The molecule has 0 heterocycles. The summed E-state index contributed by atoms with van der Waals surface area (Å²) in [6.45, 7) is 1.83. The van der Waals surface area contributed by atoms with Gasteiger partial charge in [-0.1, -0.05) is 29.8 Å². The van der Waals surface area contributed by atoms with Gasteiger partial charge in [-0.25, -0.2) is 4.39 Å². The van der Waals surface area contributed by atoms with Crippen molar-refractivity contribution >= 4 is 29.3 Å². The zero-order valence-corrected chi connectivity index (χ0v) is 11.6. The Morgan fingerprint density at radius 3 is 2.80 bits per heavy atom. The molecule has 1 N–H and O–H groups in total. The van der Waals surface area contributed by atoms with Crippen LogP contribution in [-0.4, -0.2) is 5.91 Å². The molecule has 0 aromatic heterocycles. The molecule has 0 fully saturated rings. The van der Waals surface area contributed by atoms with Crippen molar-refractivity contribution in [3.8, 4) is 0 Å². The average molecular weight is 290 g/mol. The van der Waals surface area contributed by atoms with Crippen LogP contribution < -0.4 is 5.32 Å². The van der Waals surface area contributed by atoms with E-state index in [0.29, 0.717) is 5.02 Å². The van der Waals surface area contributed by atoms with Crippen LogP contribution in [0.3, 0.4) is 0 Å². The Morgan fingerprint density at radius 1 is 1.25 bits per heavy atom. The summed E-state index contributed by atoms with van der Waals surface area (Å²) < 4.78 is 13.5. The van der Waals surface area contributed by atoms with Crippen molar-refractivity contribution in [3.05, 3.63) is 70.5 Å². The lowest BCUT2D eigenvalue weighted by molar-refractivity contribution is -0.111. The van der Waals surface area contributed by atoms with Crippen LogP contribution >= 0.6 is 11.6 Å². The van der Waals surface area contributed by atoms with Crippen LogP contribution in [0.2, 0.25) is 5.02 Å². The van der Waals surface area contributed by atoms with Crippen molar-refractivity contribution in [1.82, 2.24) is 0 Å². The third-order valence-electron chi connectivity index (χ3n) is 2.66. The first-order chi connectivity index (χ1) is 9.54. The molecule has 2 nitrogen and oxygen atoms in total. The highest BCUT2D eigenvalue weighted by Gasteiger charge is 2.04. The number of rotatable bonds is 3. The zero-order valence-electron chi connectivity index (χ0n) is 10.9. The number of carbonyl (C=O) groups is 1. The van der Waals surface area contributed by atoms with Gasteiger partial charge in [-0.3, -0.25) is 4.79 Å². The van der Waals surface area contributed by atoms with Gasteiger partial charge in [0.15, 0.2) is 0 Å². The lowest BCUT2D eigenvalue weighted by Gasteiger charge is -2.04. The first-order valence-corrected chi connectivity index (χ1v) is 6.43. The number of benzene rings is 2. The average Bonchev–Trinajstić information content (AvgIpc) is 2.41. The van der Waals surface area contributed by atoms with Gasteiger partial charge in [-0.05, 0) is 48.4 Å². The summed E-state index contributed by atoms with van der Waals surface area (Å²) in [6.07, 6.45) is 2.96. The minimum Gasteiger partial charge on any atom is -0.320 e. The standard InChI is InChI=1S/C16H13ClFNO/c1-11-5-7-14(18)15(9-11)19-16(20)8-6-12-3-2-4-13(17)10-12/h2-10H,1H3,(H,19,20)/b8-6+. The molecule has 0 unspecified atom stereocenters. The van der Waals surface area contributed by atoms with Crippen LogP contribution in [0, 0.1) is 12.7 Å². The molecular formula is C16H13ClFNO. The largest absolute Gasteiger partial charge is 0.320 e. The summed E-state index contributed by atoms with van der Waals surface area (Å²) >= 11 is 5.84. The molecule has 0 aliphatic rings. The molecule has 0 atom stereocenters. The van der Waals surface area contributed by atoms with E-state index in [-0.39, 0.29) is 5.69 Å². The van der Waals surface area contributed by atoms with Gasteiger partial charge in [-0.2, -0.15) is 0 Å². The summed E-state index contributed by atoms with van der Waals surface area (Å²) in [7, 11) is 0. The molecule has 20 heavy (non-hydrogen) atoms. The number of nitrogens with one attached hydrogen (secondary N) is 1. The Morgan fingerprint density at radius 2 is 2.05 bits per heavy atom. The molecule has 0 radical (unpaired) electrons. The molecule has 2 aromatic rings. The normalized spacial score (nSPS) is 10.8. The molecular weight excluding hydrogens is 277 g/mol. The van der Waals surface area contributed by atoms with Crippen molar-refractivity contribution in [2.75, 3.05) is 5.32 Å². The van der Waals surface area contributed by atoms with E-state index >= 15 is 0 Å². The van der Waals surface area contributed by atoms with Crippen molar-refractivity contribution < 1.29 is 9.18 Å². The van der Waals surface area contributed by atoms with Crippen molar-refractivity contribution in [2.24, 2.45) is 0 Å². The lowest BCUT2D eigenvalue weighted by atomic mass is 10.2. The number of carbonyl (C=O) groups excluding carboxylic acids is 1. The van der Waals surface area contributed by atoms with Crippen molar-refractivity contribution in [1.29, 1.82) is 0 Å². The molecule has 2 rings (SSSR count). The van der Waals surface area contributed by atoms with Gasteiger partial charge < -0.3 is 5.32 Å². The molecule has 1 amide bonds. The molecule has 102 valence electrons. The van der Waals surface area contributed by atoms with Gasteiger partial charge in [0, 0.05) is 11.1 Å². The third kappa shape index (κ3) is 3.93. The quantitative estimate of drug-likeness (QED) is 0.832. The van der Waals surface area contributed by atoms with Crippen LogP contribution in [0.15, 0.2) is 48.5 Å². The number of hydrogen-bond acceptors (Lipinski definition) is 1. The minimum absolute atomic E-state index is 0.172. The molecule has 0 saturated heterocycles. The number of aryl methyl sites for hydroxylation is 1. The van der Waals surface area contributed by atoms with Gasteiger partial charge >= 0.3 is 0 Å². The number of halogens is 2. The lowest BCUT2D eigenvalue weighted by Crippen LogP contribution is -2.09. The minimum atomic E-state index is -0.458. The summed E-state index contributed by atoms with van der Waals surface area (Å²) in [5.74, 6) is -0.852. The Bertz CT molecular complexity index is 667. The van der Waals surface area contributed by atoms with Crippen molar-refractivity contribution in [2.45, 2.75) is 6.92 Å². The second-order valence-corrected chi connectivity index (χ2v) is 4.80. The topological polar surface area (TPSA) is 29.1 Å². The molecule has 0 aliphatic heterocycles. The van der Waals surface area contributed by atoms with Gasteiger partial charge in [0.05, 0.1) is 5.69 Å². The molecule has 4 heteroatoms. The van der Waals surface area contributed by atoms with Crippen LogP contribution in [0.5, 0.6) is 0 Å². The Kier molecular flexibility index (Phi) is 4.53. The van der Waals surface area contributed by atoms with Crippen molar-refractivity contribution in [3.63, 3.8) is 0 Å². The molecule has 0 spiro atoms. The highest BCUT2D eigenvalue weighted by atomic mass is 35.5. The number of hydrogen-bond donors (Lipinski definition) is 1. The van der Waals surface area contributed by atoms with Crippen LogP contribution in [0.25, 0.3) is 6.08 Å². The van der Waals surface area contributed by atoms with E-state index in [0.717, 1.165) is 11.1 Å². The van der Waals surface area contributed by atoms with E-state index < -0.39 is 11.7 Å². The molecule has 0 bridgehead atoms. The van der Waals surface area contributed by atoms with Gasteiger partial charge in [-0.15, -0.1) is 0 Å². The maximum absolute atomic E-state index is 13.5. The fraction of sp³-hybridized carbons (Fsp3) is 0.0625. The maximum Gasteiger partial charge on any atom is 0.248 e. The summed E-state index contributed by atoms with van der Waals surface area (Å²) in [6, 6.07) is 11.7. The van der Waals surface area contributed by atoms with Gasteiger partial charge in [0.1, 0.15) is 5.82 Å². The summed E-state index contributed by atoms with van der Waals surface area (Å²) in [4.78, 5) is 11.7. The second kappa shape index (κ2) is 6.35. The number of amides is 1. The molecule has 0 saturated carbocycles. The smallest absolute Gasteiger partial charge is 0.248 e. The van der Waals surface area contributed by atoms with E-state index in [1.807, 2.05) is 13.0 Å². The Hall–Kier alpha value is -2.13. The highest BCUT2D eigenvalue weighted by Crippen LogP contribution is 2.16. The third-order valence-corrected chi connectivity index (χ3v) is 2.89. The molecule has 0 aliphatic carbocycles. The van der Waals surface area contributed by atoms with Gasteiger partial charge in [0.2, 0.25) is 5.91 Å². The van der Waals surface area contributed by atoms with Crippen LogP contribution in [-0.2, 0) is 4.79 Å².